The molecule has 0 fully saturated rings. The molecule has 4 rings (SSSR count). The third-order valence-corrected chi connectivity index (χ3v) is 6.22. The van der Waals surface area contributed by atoms with Crippen LogP contribution < -0.4 is 10.9 Å². The van der Waals surface area contributed by atoms with Gasteiger partial charge in [0.2, 0.25) is 5.91 Å². The molecule has 0 aliphatic heterocycles. The molecule has 0 unspecified atom stereocenters. The Balaban J connectivity index is 1.58. The number of para-hydroxylation sites is 1. The monoisotopic (exact) mass is 486 g/mol. The van der Waals surface area contributed by atoms with Gasteiger partial charge in [0.05, 0.1) is 23.6 Å². The van der Waals surface area contributed by atoms with E-state index < -0.39 is 5.97 Å². The van der Waals surface area contributed by atoms with Gasteiger partial charge in [-0.2, -0.15) is 5.10 Å². The Hall–Kier alpha value is -4.20. The van der Waals surface area contributed by atoms with Crippen LogP contribution in [0.25, 0.3) is 16.7 Å². The molecule has 1 N–H and O–H groups in total. The highest BCUT2D eigenvalue weighted by Gasteiger charge is 2.21. The fraction of sp³-hybridized carbons (Fsp3) is 0.286. The average molecular weight is 487 g/mol. The molecule has 0 spiro atoms. The number of carbonyl (C=O) groups excluding carboxylic acids is 2. The van der Waals surface area contributed by atoms with E-state index in [-0.39, 0.29) is 17.9 Å². The molecule has 0 aliphatic carbocycles. The Morgan fingerprint density at radius 1 is 1.00 bits per heavy atom. The summed E-state index contributed by atoms with van der Waals surface area (Å²) in [6.45, 7) is 8.33. The summed E-state index contributed by atoms with van der Waals surface area (Å²) < 4.78 is 8.53. The quantitative estimate of drug-likeness (QED) is 0.368. The van der Waals surface area contributed by atoms with E-state index in [2.05, 4.69) is 5.32 Å². The van der Waals surface area contributed by atoms with Gasteiger partial charge in [-0.05, 0) is 76.1 Å². The predicted octanol–water partition coefficient (Wildman–Crippen LogP) is 4.57. The first-order valence-corrected chi connectivity index (χ1v) is 12.1. The van der Waals surface area contributed by atoms with Crippen LogP contribution >= 0.6 is 0 Å². The zero-order valence-electron chi connectivity index (χ0n) is 21.0. The number of nitrogens with one attached hydrogen (secondary N) is 1. The Kier molecular flexibility index (Phi) is 7.33. The van der Waals surface area contributed by atoms with E-state index in [1.54, 1.807) is 35.8 Å². The average Bonchev–Trinajstić information content (AvgIpc) is 3.22. The number of benzene rings is 2. The maximum atomic E-state index is 13.5. The highest BCUT2D eigenvalue weighted by molar-refractivity contribution is 5.93. The van der Waals surface area contributed by atoms with Gasteiger partial charge in [-0.1, -0.05) is 18.2 Å². The minimum Gasteiger partial charge on any atom is -0.462 e. The third-order valence-electron chi connectivity index (χ3n) is 6.22. The number of esters is 1. The molecule has 0 saturated heterocycles. The van der Waals surface area contributed by atoms with Crippen LogP contribution in [-0.2, 0) is 22.5 Å². The number of ether oxygens (including phenoxy) is 1. The van der Waals surface area contributed by atoms with Crippen LogP contribution in [0.4, 0.5) is 5.69 Å². The number of pyridine rings is 1. The summed E-state index contributed by atoms with van der Waals surface area (Å²) in [4.78, 5) is 38.0. The molecule has 0 saturated carbocycles. The van der Waals surface area contributed by atoms with Crippen molar-refractivity contribution in [1.82, 2.24) is 14.3 Å². The largest absolute Gasteiger partial charge is 0.462 e. The zero-order valence-corrected chi connectivity index (χ0v) is 21.0. The highest BCUT2D eigenvalue weighted by atomic mass is 16.5. The first-order chi connectivity index (χ1) is 17.3. The summed E-state index contributed by atoms with van der Waals surface area (Å²) in [5.74, 6) is -0.614. The number of aryl methyl sites for hydroxylation is 3. The third kappa shape index (κ3) is 4.79. The molecule has 0 aliphatic rings. The summed E-state index contributed by atoms with van der Waals surface area (Å²) in [7, 11) is 0. The van der Waals surface area contributed by atoms with Crippen LogP contribution in [0.3, 0.4) is 0 Å². The molecular formula is C28H30N4O4. The number of hydrogen-bond donors (Lipinski definition) is 1. The predicted molar refractivity (Wildman–Crippen MR) is 140 cm³/mol. The first kappa shape index (κ1) is 24.9. The van der Waals surface area contributed by atoms with Gasteiger partial charge in [0.1, 0.15) is 5.65 Å². The number of hydrogen-bond acceptors (Lipinski definition) is 5. The highest BCUT2D eigenvalue weighted by Crippen LogP contribution is 2.26. The number of rotatable bonds is 8. The van der Waals surface area contributed by atoms with E-state index in [1.165, 1.54) is 0 Å². The smallest absolute Gasteiger partial charge is 0.338 e. The number of aromatic nitrogens is 3. The lowest BCUT2D eigenvalue weighted by atomic mass is 10.0. The second-order valence-electron chi connectivity index (χ2n) is 8.53. The molecule has 2 aromatic heterocycles. The van der Waals surface area contributed by atoms with Crippen molar-refractivity contribution in [3.63, 3.8) is 0 Å². The normalized spacial score (nSPS) is 11.0. The van der Waals surface area contributed by atoms with Crippen molar-refractivity contribution in [3.8, 4) is 5.69 Å². The van der Waals surface area contributed by atoms with Gasteiger partial charge in [-0.3, -0.25) is 14.2 Å². The van der Waals surface area contributed by atoms with Gasteiger partial charge in [0, 0.05) is 29.6 Å². The van der Waals surface area contributed by atoms with Crippen LogP contribution in [-0.4, -0.2) is 32.8 Å². The van der Waals surface area contributed by atoms with E-state index in [0.29, 0.717) is 36.4 Å². The van der Waals surface area contributed by atoms with Crippen LogP contribution in [0.5, 0.6) is 0 Å². The molecule has 2 aromatic carbocycles. The second-order valence-corrected chi connectivity index (χ2v) is 8.53. The first-order valence-electron chi connectivity index (χ1n) is 12.1. The molecular weight excluding hydrogens is 456 g/mol. The number of nitrogens with zero attached hydrogens (tertiary/aromatic N) is 3. The summed E-state index contributed by atoms with van der Waals surface area (Å²) in [6.07, 6.45) is 0.458. The van der Waals surface area contributed by atoms with Crippen molar-refractivity contribution in [1.29, 1.82) is 0 Å². The second kappa shape index (κ2) is 10.6. The standard InChI is InChI=1S/C28H30N4O4/c1-5-31-26-25(19(4)30-32(26)22-10-8-7-9-11-22)18(3)23(27(31)34)16-17-24(33)29-21-14-12-20(13-15-21)28(35)36-6-2/h7-15H,5-6,16-17H2,1-4H3,(H,29,33). The van der Waals surface area contributed by atoms with Gasteiger partial charge in [0.25, 0.3) is 5.56 Å². The molecule has 1 amide bonds. The molecule has 0 radical (unpaired) electrons. The lowest BCUT2D eigenvalue weighted by Crippen LogP contribution is -2.27. The molecule has 0 atom stereocenters. The fourth-order valence-electron chi connectivity index (χ4n) is 4.48. The van der Waals surface area contributed by atoms with Crippen LogP contribution in [0.15, 0.2) is 59.4 Å². The zero-order chi connectivity index (χ0) is 25.8. The van der Waals surface area contributed by atoms with Gasteiger partial charge in [-0.15, -0.1) is 0 Å². The molecule has 4 aromatic rings. The lowest BCUT2D eigenvalue weighted by molar-refractivity contribution is -0.116. The van der Waals surface area contributed by atoms with Crippen molar-refractivity contribution in [3.05, 3.63) is 87.3 Å². The summed E-state index contributed by atoms with van der Waals surface area (Å²) in [6, 6.07) is 16.3. The molecule has 186 valence electrons. The minimum atomic E-state index is -0.403. The van der Waals surface area contributed by atoms with E-state index in [0.717, 1.165) is 28.0 Å². The van der Waals surface area contributed by atoms with Crippen LogP contribution in [0.2, 0.25) is 0 Å². The van der Waals surface area contributed by atoms with E-state index in [4.69, 9.17) is 9.84 Å². The van der Waals surface area contributed by atoms with Crippen molar-refractivity contribution < 1.29 is 14.3 Å². The summed E-state index contributed by atoms with van der Waals surface area (Å²) in [5.41, 5.74) is 4.85. The number of anilines is 1. The Morgan fingerprint density at radius 2 is 1.69 bits per heavy atom. The van der Waals surface area contributed by atoms with Gasteiger partial charge in [0.15, 0.2) is 0 Å². The van der Waals surface area contributed by atoms with E-state index >= 15 is 0 Å². The van der Waals surface area contributed by atoms with Crippen molar-refractivity contribution in [2.45, 2.75) is 47.1 Å². The topological polar surface area (TPSA) is 95.2 Å². The van der Waals surface area contributed by atoms with Crippen LogP contribution in [0.1, 0.15) is 47.4 Å². The number of fused-ring (bicyclic) bond motifs is 1. The van der Waals surface area contributed by atoms with Gasteiger partial charge in [-0.25, -0.2) is 9.48 Å². The SMILES string of the molecule is CCOC(=O)c1ccc(NC(=O)CCc2c(C)c3c(C)nn(-c4ccccc4)c3n(CC)c2=O)cc1. The molecule has 8 heteroatoms. The van der Waals surface area contributed by atoms with E-state index in [9.17, 15) is 14.4 Å². The number of carbonyl (C=O) groups is 2. The van der Waals surface area contributed by atoms with Gasteiger partial charge >= 0.3 is 5.97 Å². The maximum absolute atomic E-state index is 13.5. The van der Waals surface area contributed by atoms with Crippen LogP contribution in [0, 0.1) is 13.8 Å². The maximum Gasteiger partial charge on any atom is 0.338 e. The molecule has 8 nitrogen and oxygen atoms in total. The summed E-state index contributed by atoms with van der Waals surface area (Å²) >= 11 is 0. The van der Waals surface area contributed by atoms with Crippen molar-refractivity contribution >= 4 is 28.6 Å². The van der Waals surface area contributed by atoms with Gasteiger partial charge < -0.3 is 10.1 Å². The summed E-state index contributed by atoms with van der Waals surface area (Å²) in [5, 5.41) is 8.51. The van der Waals surface area contributed by atoms with E-state index in [1.807, 2.05) is 55.8 Å². The Morgan fingerprint density at radius 3 is 2.33 bits per heavy atom. The number of amides is 1. The fourth-order valence-corrected chi connectivity index (χ4v) is 4.48. The molecule has 0 bridgehead atoms. The lowest BCUT2D eigenvalue weighted by Gasteiger charge is -2.14. The Bertz CT molecular complexity index is 1470. The molecule has 2 heterocycles. The Labute approximate surface area is 209 Å². The van der Waals surface area contributed by atoms with Crippen molar-refractivity contribution in [2.75, 3.05) is 11.9 Å². The van der Waals surface area contributed by atoms with Crippen molar-refractivity contribution in [2.24, 2.45) is 0 Å². The minimum absolute atomic E-state index is 0.105. The molecule has 36 heavy (non-hydrogen) atoms.